The lowest BCUT2D eigenvalue weighted by Crippen LogP contribution is -2.07. The van der Waals surface area contributed by atoms with Crippen LogP contribution in [-0.4, -0.2) is 15.9 Å². The lowest BCUT2D eigenvalue weighted by molar-refractivity contribution is -0.111. The van der Waals surface area contributed by atoms with Crippen LogP contribution < -0.4 is 5.32 Å². The fourth-order valence-electron chi connectivity index (χ4n) is 3.09. The number of H-pyrrole nitrogens is 1. The largest absolute Gasteiger partial charge is 0.346 e. The molecule has 28 heavy (non-hydrogen) atoms. The predicted octanol–water partition coefficient (Wildman–Crippen LogP) is 5.50. The number of amides is 1. The molecular formula is C24H21N3O. The maximum Gasteiger partial charge on any atom is 0.248 e. The fraction of sp³-hybridized carbons (Fsp3) is 0.0833. The van der Waals surface area contributed by atoms with Gasteiger partial charge in [-0.2, -0.15) is 0 Å². The topological polar surface area (TPSA) is 57.8 Å². The van der Waals surface area contributed by atoms with Gasteiger partial charge in [-0.1, -0.05) is 24.3 Å². The Balaban J connectivity index is 1.50. The maximum atomic E-state index is 12.2. The third kappa shape index (κ3) is 3.86. The summed E-state index contributed by atoms with van der Waals surface area (Å²) in [5.41, 5.74) is 7.11. The Morgan fingerprint density at radius 2 is 1.89 bits per heavy atom. The number of benzene rings is 2. The molecule has 4 aromatic rings. The van der Waals surface area contributed by atoms with E-state index >= 15 is 0 Å². The number of aryl methyl sites for hydroxylation is 2. The number of nitrogens with zero attached hydrogens (tertiary/aromatic N) is 1. The molecule has 138 valence electrons. The van der Waals surface area contributed by atoms with Crippen molar-refractivity contribution < 1.29 is 4.79 Å². The van der Waals surface area contributed by atoms with Crippen LogP contribution in [0.4, 0.5) is 5.69 Å². The van der Waals surface area contributed by atoms with E-state index < -0.39 is 0 Å². The van der Waals surface area contributed by atoms with Crippen molar-refractivity contribution in [3.8, 4) is 11.1 Å². The highest BCUT2D eigenvalue weighted by atomic mass is 16.1. The van der Waals surface area contributed by atoms with Crippen molar-refractivity contribution in [2.24, 2.45) is 0 Å². The molecule has 4 heteroatoms. The number of carbonyl (C=O) groups is 1. The summed E-state index contributed by atoms with van der Waals surface area (Å²) in [5.74, 6) is -0.149. The van der Waals surface area contributed by atoms with Crippen LogP contribution in [0.15, 0.2) is 73.1 Å². The molecular weight excluding hydrogens is 346 g/mol. The lowest BCUT2D eigenvalue weighted by Gasteiger charge is -2.06. The number of aromatic nitrogens is 2. The standard InChI is InChI=1S/C24H21N3O/c1-16-6-8-22(12-17(16)2)27-23(28)9-7-18-4-3-5-19(13-18)21-14-20-10-11-25-24(20)26-15-21/h3-15H,1-2H3,(H,25,26)(H,27,28). The van der Waals surface area contributed by atoms with E-state index in [9.17, 15) is 4.79 Å². The van der Waals surface area contributed by atoms with Crippen molar-refractivity contribution in [3.05, 3.63) is 89.8 Å². The smallest absolute Gasteiger partial charge is 0.248 e. The van der Waals surface area contributed by atoms with E-state index in [0.29, 0.717) is 0 Å². The van der Waals surface area contributed by atoms with Crippen LogP contribution in [-0.2, 0) is 4.79 Å². The number of fused-ring (bicyclic) bond motifs is 1. The van der Waals surface area contributed by atoms with Gasteiger partial charge in [-0.25, -0.2) is 4.98 Å². The number of hydrogen-bond acceptors (Lipinski definition) is 2. The summed E-state index contributed by atoms with van der Waals surface area (Å²) in [6.07, 6.45) is 7.12. The highest BCUT2D eigenvalue weighted by molar-refractivity contribution is 6.02. The minimum absolute atomic E-state index is 0.149. The molecule has 0 spiro atoms. The summed E-state index contributed by atoms with van der Waals surface area (Å²) in [4.78, 5) is 19.8. The maximum absolute atomic E-state index is 12.2. The van der Waals surface area contributed by atoms with Gasteiger partial charge in [0.1, 0.15) is 5.65 Å². The van der Waals surface area contributed by atoms with Crippen molar-refractivity contribution in [1.82, 2.24) is 9.97 Å². The Bertz CT molecular complexity index is 1190. The van der Waals surface area contributed by atoms with E-state index in [1.165, 1.54) is 5.56 Å². The molecule has 0 bridgehead atoms. The fourth-order valence-corrected chi connectivity index (χ4v) is 3.09. The molecule has 0 aliphatic heterocycles. The van der Waals surface area contributed by atoms with Gasteiger partial charge in [0.05, 0.1) is 0 Å². The lowest BCUT2D eigenvalue weighted by atomic mass is 10.0. The number of aromatic amines is 1. The number of hydrogen-bond donors (Lipinski definition) is 2. The zero-order chi connectivity index (χ0) is 19.5. The molecule has 1 amide bonds. The highest BCUT2D eigenvalue weighted by Crippen LogP contribution is 2.23. The van der Waals surface area contributed by atoms with Crippen molar-refractivity contribution >= 4 is 28.7 Å². The number of rotatable bonds is 4. The van der Waals surface area contributed by atoms with E-state index in [-0.39, 0.29) is 5.91 Å². The van der Waals surface area contributed by atoms with Crippen LogP contribution in [0.1, 0.15) is 16.7 Å². The summed E-state index contributed by atoms with van der Waals surface area (Å²) >= 11 is 0. The number of anilines is 1. The van der Waals surface area contributed by atoms with Crippen molar-refractivity contribution in [2.75, 3.05) is 5.32 Å². The van der Waals surface area contributed by atoms with Gasteiger partial charge in [-0.05, 0) is 72.5 Å². The monoisotopic (exact) mass is 367 g/mol. The number of pyridine rings is 1. The van der Waals surface area contributed by atoms with Gasteiger partial charge < -0.3 is 10.3 Å². The summed E-state index contributed by atoms with van der Waals surface area (Å²) in [5, 5.41) is 3.98. The predicted molar refractivity (Wildman–Crippen MR) is 115 cm³/mol. The van der Waals surface area contributed by atoms with Gasteiger partial charge in [0.25, 0.3) is 0 Å². The summed E-state index contributed by atoms with van der Waals surface area (Å²) in [6, 6.07) is 18.1. The van der Waals surface area contributed by atoms with Gasteiger partial charge in [0, 0.05) is 35.1 Å². The second-order valence-electron chi connectivity index (χ2n) is 6.89. The molecule has 0 saturated carbocycles. The third-order valence-electron chi connectivity index (χ3n) is 4.82. The van der Waals surface area contributed by atoms with E-state index in [1.807, 2.05) is 67.9 Å². The van der Waals surface area contributed by atoms with Crippen LogP contribution in [0.5, 0.6) is 0 Å². The molecule has 0 saturated heterocycles. The molecule has 0 radical (unpaired) electrons. The first-order valence-electron chi connectivity index (χ1n) is 9.18. The molecule has 2 aromatic carbocycles. The first-order chi connectivity index (χ1) is 13.6. The minimum Gasteiger partial charge on any atom is -0.346 e. The van der Waals surface area contributed by atoms with E-state index in [4.69, 9.17) is 0 Å². The second kappa shape index (κ2) is 7.53. The Kier molecular flexibility index (Phi) is 4.77. The Labute approximate surface area is 164 Å². The molecule has 2 heterocycles. The van der Waals surface area contributed by atoms with Gasteiger partial charge in [-0.3, -0.25) is 4.79 Å². The zero-order valence-corrected chi connectivity index (χ0v) is 15.9. The molecule has 0 unspecified atom stereocenters. The van der Waals surface area contributed by atoms with Gasteiger partial charge in [0.2, 0.25) is 5.91 Å². The molecule has 0 aliphatic rings. The molecule has 4 rings (SSSR count). The number of nitrogens with one attached hydrogen (secondary N) is 2. The number of carbonyl (C=O) groups excluding carboxylic acids is 1. The Hall–Kier alpha value is -3.66. The normalized spacial score (nSPS) is 11.2. The molecule has 0 atom stereocenters. The zero-order valence-electron chi connectivity index (χ0n) is 15.9. The molecule has 4 nitrogen and oxygen atoms in total. The van der Waals surface area contributed by atoms with E-state index in [0.717, 1.165) is 39.0 Å². The van der Waals surface area contributed by atoms with Crippen LogP contribution in [0.3, 0.4) is 0 Å². The Morgan fingerprint density at radius 1 is 1.00 bits per heavy atom. The highest BCUT2D eigenvalue weighted by Gasteiger charge is 2.03. The third-order valence-corrected chi connectivity index (χ3v) is 4.82. The summed E-state index contributed by atoms with van der Waals surface area (Å²) in [6.45, 7) is 4.09. The summed E-state index contributed by atoms with van der Waals surface area (Å²) in [7, 11) is 0. The van der Waals surface area contributed by atoms with Crippen molar-refractivity contribution in [1.29, 1.82) is 0 Å². The molecule has 2 N–H and O–H groups in total. The second-order valence-corrected chi connectivity index (χ2v) is 6.89. The van der Waals surface area contributed by atoms with Crippen LogP contribution >= 0.6 is 0 Å². The summed E-state index contributed by atoms with van der Waals surface area (Å²) < 4.78 is 0. The minimum atomic E-state index is -0.149. The quantitative estimate of drug-likeness (QED) is 0.468. The molecule has 0 aliphatic carbocycles. The van der Waals surface area contributed by atoms with Gasteiger partial charge >= 0.3 is 0 Å². The molecule has 2 aromatic heterocycles. The SMILES string of the molecule is Cc1ccc(NC(=O)C=Cc2cccc(-c3cnc4[nH]ccc4c3)c2)cc1C. The average molecular weight is 367 g/mol. The van der Waals surface area contributed by atoms with Gasteiger partial charge in [0.15, 0.2) is 0 Å². The van der Waals surface area contributed by atoms with E-state index in [2.05, 4.69) is 34.3 Å². The van der Waals surface area contributed by atoms with Gasteiger partial charge in [-0.15, -0.1) is 0 Å². The van der Waals surface area contributed by atoms with Crippen LogP contribution in [0.25, 0.3) is 28.2 Å². The first-order valence-corrected chi connectivity index (χ1v) is 9.18. The Morgan fingerprint density at radius 3 is 2.75 bits per heavy atom. The van der Waals surface area contributed by atoms with Crippen molar-refractivity contribution in [2.45, 2.75) is 13.8 Å². The van der Waals surface area contributed by atoms with Crippen LogP contribution in [0, 0.1) is 13.8 Å². The molecule has 0 fully saturated rings. The average Bonchev–Trinajstić information content (AvgIpc) is 3.17. The van der Waals surface area contributed by atoms with Crippen LogP contribution in [0.2, 0.25) is 0 Å². The van der Waals surface area contributed by atoms with Crippen molar-refractivity contribution in [3.63, 3.8) is 0 Å². The first kappa shape index (κ1) is 17.7. The van der Waals surface area contributed by atoms with E-state index in [1.54, 1.807) is 6.08 Å².